The van der Waals surface area contributed by atoms with Gasteiger partial charge in [0.05, 0.1) is 13.2 Å². The molecule has 1 aromatic heterocycles. The van der Waals surface area contributed by atoms with Crippen molar-refractivity contribution in [3.05, 3.63) is 36.2 Å². The highest BCUT2D eigenvalue weighted by atomic mass is 16.5. The monoisotopic (exact) mass is 412 g/mol. The summed E-state index contributed by atoms with van der Waals surface area (Å²) in [5.74, 6) is 0.572. The molecule has 9 nitrogen and oxygen atoms in total. The lowest BCUT2D eigenvalue weighted by molar-refractivity contribution is -0.117. The van der Waals surface area contributed by atoms with Crippen LogP contribution in [0, 0.1) is 5.92 Å². The van der Waals surface area contributed by atoms with Gasteiger partial charge >= 0.3 is 0 Å². The SMILES string of the molecule is Cn1cnc(NC(=O)CC2CCN(C(=O)c3cccc(N4CCOCC4)c3)CC2)n1. The van der Waals surface area contributed by atoms with Gasteiger partial charge in [0.15, 0.2) is 0 Å². The first-order valence-corrected chi connectivity index (χ1v) is 10.5. The van der Waals surface area contributed by atoms with E-state index in [9.17, 15) is 9.59 Å². The predicted octanol–water partition coefficient (Wildman–Crippen LogP) is 1.53. The molecule has 0 saturated carbocycles. The number of nitrogens with one attached hydrogen (secondary N) is 1. The Labute approximate surface area is 176 Å². The lowest BCUT2D eigenvalue weighted by atomic mass is 9.93. The Hall–Kier alpha value is -2.94. The fourth-order valence-corrected chi connectivity index (χ4v) is 4.01. The van der Waals surface area contributed by atoms with Crippen molar-refractivity contribution in [1.82, 2.24) is 19.7 Å². The number of hydrogen-bond acceptors (Lipinski definition) is 6. The second kappa shape index (κ2) is 9.25. The quantitative estimate of drug-likeness (QED) is 0.801. The molecule has 3 heterocycles. The number of likely N-dealkylation sites (tertiary alicyclic amines) is 1. The molecule has 1 aromatic carbocycles. The second-order valence-electron chi connectivity index (χ2n) is 7.88. The summed E-state index contributed by atoms with van der Waals surface area (Å²) in [4.78, 5) is 33.4. The van der Waals surface area contributed by atoms with Crippen molar-refractivity contribution < 1.29 is 14.3 Å². The molecule has 0 spiro atoms. The number of carbonyl (C=O) groups is 2. The van der Waals surface area contributed by atoms with Gasteiger partial charge in [-0.25, -0.2) is 4.98 Å². The summed E-state index contributed by atoms with van der Waals surface area (Å²) >= 11 is 0. The van der Waals surface area contributed by atoms with Crippen LogP contribution < -0.4 is 10.2 Å². The summed E-state index contributed by atoms with van der Waals surface area (Å²) in [5, 5.41) is 6.79. The van der Waals surface area contributed by atoms with Gasteiger partial charge in [-0.2, -0.15) is 0 Å². The molecule has 0 atom stereocenters. The summed E-state index contributed by atoms with van der Waals surface area (Å²) in [7, 11) is 1.76. The molecule has 2 fully saturated rings. The zero-order valence-electron chi connectivity index (χ0n) is 17.3. The number of aryl methyl sites for hydroxylation is 1. The highest BCUT2D eigenvalue weighted by Gasteiger charge is 2.26. The first-order valence-electron chi connectivity index (χ1n) is 10.5. The van der Waals surface area contributed by atoms with E-state index in [1.165, 1.54) is 0 Å². The van der Waals surface area contributed by atoms with E-state index in [0.29, 0.717) is 25.5 Å². The fourth-order valence-electron chi connectivity index (χ4n) is 4.01. The van der Waals surface area contributed by atoms with E-state index in [-0.39, 0.29) is 17.7 Å². The smallest absolute Gasteiger partial charge is 0.253 e. The first kappa shape index (κ1) is 20.3. The lowest BCUT2D eigenvalue weighted by Crippen LogP contribution is -2.39. The summed E-state index contributed by atoms with van der Waals surface area (Å²) in [6.07, 6.45) is 3.61. The minimum absolute atomic E-state index is 0.0608. The summed E-state index contributed by atoms with van der Waals surface area (Å²) in [6.45, 7) is 4.46. The first-order chi connectivity index (χ1) is 14.6. The van der Waals surface area contributed by atoms with Crippen LogP contribution in [0.25, 0.3) is 0 Å². The number of anilines is 2. The number of morpholine rings is 1. The Balaban J connectivity index is 1.28. The van der Waals surface area contributed by atoms with Crippen molar-refractivity contribution in [1.29, 1.82) is 0 Å². The standard InChI is InChI=1S/C21H28N6O3/c1-25-15-22-21(24-25)23-19(28)13-16-5-7-27(8-6-16)20(29)17-3-2-4-18(14-17)26-9-11-30-12-10-26/h2-4,14-16H,5-13H2,1H3,(H,23,24,28). The Kier molecular flexibility index (Phi) is 6.27. The van der Waals surface area contributed by atoms with E-state index >= 15 is 0 Å². The maximum Gasteiger partial charge on any atom is 0.253 e. The maximum absolute atomic E-state index is 13.0. The Morgan fingerprint density at radius 2 is 1.93 bits per heavy atom. The molecule has 1 N–H and O–H groups in total. The van der Waals surface area contributed by atoms with Crippen LogP contribution in [-0.4, -0.2) is 70.9 Å². The van der Waals surface area contributed by atoms with Crippen molar-refractivity contribution in [3.63, 3.8) is 0 Å². The topological polar surface area (TPSA) is 92.6 Å². The van der Waals surface area contributed by atoms with Crippen molar-refractivity contribution in [2.75, 3.05) is 49.6 Å². The van der Waals surface area contributed by atoms with Crippen LogP contribution in [-0.2, 0) is 16.6 Å². The average Bonchev–Trinajstić information content (AvgIpc) is 3.19. The average molecular weight is 412 g/mol. The van der Waals surface area contributed by atoms with Gasteiger partial charge in [-0.15, -0.1) is 5.10 Å². The molecule has 2 aliphatic rings. The largest absolute Gasteiger partial charge is 0.378 e. The molecule has 0 radical (unpaired) electrons. The Morgan fingerprint density at radius 3 is 2.63 bits per heavy atom. The fraction of sp³-hybridized carbons (Fsp3) is 0.524. The third-order valence-corrected chi connectivity index (χ3v) is 5.70. The second-order valence-corrected chi connectivity index (χ2v) is 7.88. The molecule has 30 heavy (non-hydrogen) atoms. The van der Waals surface area contributed by atoms with Gasteiger partial charge in [-0.3, -0.25) is 19.6 Å². The van der Waals surface area contributed by atoms with Gasteiger partial charge in [-0.05, 0) is 37.0 Å². The molecule has 2 aliphatic heterocycles. The molecule has 4 rings (SSSR count). The molecule has 9 heteroatoms. The number of amides is 2. The molecule has 2 aromatic rings. The number of piperidine rings is 1. The van der Waals surface area contributed by atoms with E-state index in [1.807, 2.05) is 29.2 Å². The van der Waals surface area contributed by atoms with Crippen LogP contribution in [0.5, 0.6) is 0 Å². The van der Waals surface area contributed by atoms with Crippen LogP contribution >= 0.6 is 0 Å². The molecule has 160 valence electrons. The third kappa shape index (κ3) is 4.96. The number of rotatable bonds is 5. The molecular formula is C21H28N6O3. The maximum atomic E-state index is 13.0. The highest BCUT2D eigenvalue weighted by molar-refractivity contribution is 5.95. The van der Waals surface area contributed by atoms with Gasteiger partial charge in [0.1, 0.15) is 6.33 Å². The normalized spacial score (nSPS) is 17.8. The number of ether oxygens (including phenoxy) is 1. The Bertz CT molecular complexity index is 884. The van der Waals surface area contributed by atoms with Crippen LogP contribution in [0.4, 0.5) is 11.6 Å². The van der Waals surface area contributed by atoms with Gasteiger partial charge < -0.3 is 14.5 Å². The zero-order chi connectivity index (χ0) is 20.9. The van der Waals surface area contributed by atoms with E-state index in [0.717, 1.165) is 50.4 Å². The summed E-state index contributed by atoms with van der Waals surface area (Å²) in [6, 6.07) is 7.85. The van der Waals surface area contributed by atoms with E-state index < -0.39 is 0 Å². The minimum atomic E-state index is -0.0795. The molecule has 0 unspecified atom stereocenters. The minimum Gasteiger partial charge on any atom is -0.378 e. The van der Waals surface area contributed by atoms with Crippen molar-refractivity contribution in [3.8, 4) is 0 Å². The van der Waals surface area contributed by atoms with Crippen LogP contribution in [0.15, 0.2) is 30.6 Å². The molecule has 0 aliphatic carbocycles. The number of carbonyl (C=O) groups excluding carboxylic acids is 2. The van der Waals surface area contributed by atoms with Crippen LogP contribution in [0.3, 0.4) is 0 Å². The number of aromatic nitrogens is 3. The summed E-state index contributed by atoms with van der Waals surface area (Å²) in [5.41, 5.74) is 1.79. The van der Waals surface area contributed by atoms with Gasteiger partial charge in [0.25, 0.3) is 5.91 Å². The van der Waals surface area contributed by atoms with Gasteiger partial charge in [-0.1, -0.05) is 6.07 Å². The van der Waals surface area contributed by atoms with Gasteiger partial charge in [0.2, 0.25) is 11.9 Å². The third-order valence-electron chi connectivity index (χ3n) is 5.70. The summed E-state index contributed by atoms with van der Waals surface area (Å²) < 4.78 is 6.96. The van der Waals surface area contributed by atoms with E-state index in [1.54, 1.807) is 18.1 Å². The van der Waals surface area contributed by atoms with Gasteiger partial charge in [0, 0.05) is 50.9 Å². The molecule has 2 saturated heterocycles. The highest BCUT2D eigenvalue weighted by Crippen LogP contribution is 2.24. The number of hydrogen-bond donors (Lipinski definition) is 1. The van der Waals surface area contributed by atoms with Crippen LogP contribution in [0.1, 0.15) is 29.6 Å². The van der Waals surface area contributed by atoms with Crippen molar-refractivity contribution in [2.24, 2.45) is 13.0 Å². The van der Waals surface area contributed by atoms with Crippen LogP contribution in [0.2, 0.25) is 0 Å². The van der Waals surface area contributed by atoms with E-state index in [2.05, 4.69) is 20.3 Å². The Morgan fingerprint density at radius 1 is 1.17 bits per heavy atom. The van der Waals surface area contributed by atoms with Crippen molar-refractivity contribution in [2.45, 2.75) is 19.3 Å². The molecule has 2 amide bonds. The zero-order valence-corrected chi connectivity index (χ0v) is 17.3. The molecule has 0 bridgehead atoms. The number of benzene rings is 1. The van der Waals surface area contributed by atoms with Crippen molar-refractivity contribution >= 4 is 23.5 Å². The lowest BCUT2D eigenvalue weighted by Gasteiger charge is -2.32. The predicted molar refractivity (Wildman–Crippen MR) is 112 cm³/mol. The van der Waals surface area contributed by atoms with E-state index in [4.69, 9.17) is 4.74 Å². The molecular weight excluding hydrogens is 384 g/mol. The number of nitrogens with zero attached hydrogens (tertiary/aromatic N) is 5.